The first-order chi connectivity index (χ1) is 14.8. The summed E-state index contributed by atoms with van der Waals surface area (Å²) in [5.74, 6) is -0.252. The van der Waals surface area contributed by atoms with Crippen LogP contribution in [0, 0.1) is 6.92 Å². The molecule has 0 aliphatic rings. The standard InChI is InChI=1S/C24H19ClN2O3S/c1-16-6-2-3-7-19(16)24(28)26-22-10-4-9-21-20(22)8-5-11-23(21)31(29,30)27-18-14-12-17(25)13-15-18/h2-15,27H,1H3,(H,26,28). The lowest BCUT2D eigenvalue weighted by atomic mass is 10.1. The smallest absolute Gasteiger partial charge is 0.262 e. The summed E-state index contributed by atoms with van der Waals surface area (Å²) in [6, 6.07) is 23.9. The van der Waals surface area contributed by atoms with Crippen molar-refractivity contribution in [3.8, 4) is 0 Å². The van der Waals surface area contributed by atoms with Crippen molar-refractivity contribution in [3.63, 3.8) is 0 Å². The lowest BCUT2D eigenvalue weighted by molar-refractivity contribution is 0.102. The van der Waals surface area contributed by atoms with Crippen molar-refractivity contribution < 1.29 is 13.2 Å². The largest absolute Gasteiger partial charge is 0.321 e. The predicted octanol–water partition coefficient (Wildman–Crippen LogP) is 5.85. The number of rotatable bonds is 5. The predicted molar refractivity (Wildman–Crippen MR) is 125 cm³/mol. The highest BCUT2D eigenvalue weighted by atomic mass is 35.5. The molecule has 7 heteroatoms. The van der Waals surface area contributed by atoms with Gasteiger partial charge in [0.1, 0.15) is 0 Å². The van der Waals surface area contributed by atoms with E-state index in [1.807, 2.05) is 19.1 Å². The average Bonchev–Trinajstić information content (AvgIpc) is 2.75. The van der Waals surface area contributed by atoms with Gasteiger partial charge in [0.05, 0.1) is 4.90 Å². The molecule has 1 amide bonds. The van der Waals surface area contributed by atoms with Gasteiger partial charge in [-0.1, -0.05) is 54.1 Å². The van der Waals surface area contributed by atoms with Gasteiger partial charge in [0.2, 0.25) is 0 Å². The molecule has 31 heavy (non-hydrogen) atoms. The molecule has 0 heterocycles. The Morgan fingerprint density at radius 3 is 2.23 bits per heavy atom. The number of carbonyl (C=O) groups excluding carboxylic acids is 1. The lowest BCUT2D eigenvalue weighted by Gasteiger charge is -2.14. The first kappa shape index (κ1) is 20.9. The molecule has 0 aliphatic carbocycles. The fraction of sp³-hybridized carbons (Fsp3) is 0.0417. The summed E-state index contributed by atoms with van der Waals surface area (Å²) < 4.78 is 28.7. The van der Waals surface area contributed by atoms with Gasteiger partial charge in [0.25, 0.3) is 15.9 Å². The molecule has 0 atom stereocenters. The van der Waals surface area contributed by atoms with E-state index in [4.69, 9.17) is 11.6 Å². The number of anilines is 2. The number of hydrogen-bond donors (Lipinski definition) is 2. The summed E-state index contributed by atoms with van der Waals surface area (Å²) in [6.07, 6.45) is 0. The second kappa shape index (κ2) is 8.41. The highest BCUT2D eigenvalue weighted by Gasteiger charge is 2.19. The van der Waals surface area contributed by atoms with Gasteiger partial charge in [-0.3, -0.25) is 9.52 Å². The number of amides is 1. The van der Waals surface area contributed by atoms with Crippen LogP contribution in [0.4, 0.5) is 11.4 Å². The molecule has 0 saturated heterocycles. The summed E-state index contributed by atoms with van der Waals surface area (Å²) in [6.45, 7) is 1.87. The SMILES string of the molecule is Cc1ccccc1C(=O)Nc1cccc2c(S(=O)(=O)Nc3ccc(Cl)cc3)cccc12. The van der Waals surface area contributed by atoms with Crippen molar-refractivity contribution in [3.05, 3.63) is 101 Å². The zero-order valence-electron chi connectivity index (χ0n) is 16.6. The Hall–Kier alpha value is -3.35. The van der Waals surface area contributed by atoms with Crippen LogP contribution < -0.4 is 10.0 Å². The molecule has 0 radical (unpaired) electrons. The van der Waals surface area contributed by atoms with Crippen LogP contribution in [0.1, 0.15) is 15.9 Å². The quantitative estimate of drug-likeness (QED) is 0.400. The van der Waals surface area contributed by atoms with Crippen molar-refractivity contribution in [1.29, 1.82) is 0 Å². The van der Waals surface area contributed by atoms with Crippen LogP contribution in [0.3, 0.4) is 0 Å². The molecule has 4 aromatic carbocycles. The monoisotopic (exact) mass is 450 g/mol. The highest BCUT2D eigenvalue weighted by Crippen LogP contribution is 2.30. The molecule has 0 saturated carbocycles. The summed E-state index contributed by atoms with van der Waals surface area (Å²) in [5.41, 5.74) is 2.36. The number of aryl methyl sites for hydroxylation is 1. The van der Waals surface area contributed by atoms with Crippen molar-refractivity contribution in [2.45, 2.75) is 11.8 Å². The van der Waals surface area contributed by atoms with Crippen LogP contribution in [-0.2, 0) is 10.0 Å². The van der Waals surface area contributed by atoms with E-state index in [1.54, 1.807) is 66.7 Å². The van der Waals surface area contributed by atoms with Gasteiger partial charge in [0, 0.05) is 32.7 Å². The number of hydrogen-bond acceptors (Lipinski definition) is 3. The number of halogens is 1. The molecule has 0 fully saturated rings. The van der Waals surface area contributed by atoms with Crippen molar-refractivity contribution in [2.24, 2.45) is 0 Å². The Bertz CT molecular complexity index is 1380. The van der Waals surface area contributed by atoms with E-state index in [1.165, 1.54) is 6.07 Å². The van der Waals surface area contributed by atoms with Crippen molar-refractivity contribution >= 4 is 49.7 Å². The third kappa shape index (κ3) is 4.40. The molecule has 4 aromatic rings. The highest BCUT2D eigenvalue weighted by molar-refractivity contribution is 7.93. The molecule has 4 rings (SSSR count). The van der Waals surface area contributed by atoms with Crippen molar-refractivity contribution in [2.75, 3.05) is 10.0 Å². The molecule has 0 spiro atoms. The van der Waals surface area contributed by atoms with Gasteiger partial charge in [0.15, 0.2) is 0 Å². The molecular formula is C24H19ClN2O3S. The molecule has 156 valence electrons. The van der Waals surface area contributed by atoms with E-state index in [0.717, 1.165) is 5.56 Å². The fourth-order valence-corrected chi connectivity index (χ4v) is 4.78. The zero-order valence-corrected chi connectivity index (χ0v) is 18.2. The maximum atomic E-state index is 13.1. The third-order valence-electron chi connectivity index (χ3n) is 4.91. The minimum atomic E-state index is -3.86. The second-order valence-corrected chi connectivity index (χ2v) is 9.13. The van der Waals surface area contributed by atoms with E-state index < -0.39 is 10.0 Å². The summed E-state index contributed by atoms with van der Waals surface area (Å²) in [5, 5.41) is 4.56. The van der Waals surface area contributed by atoms with Gasteiger partial charge in [-0.15, -0.1) is 0 Å². The Kier molecular flexibility index (Phi) is 5.67. The number of fused-ring (bicyclic) bond motifs is 1. The van der Waals surface area contributed by atoms with E-state index in [-0.39, 0.29) is 10.8 Å². The van der Waals surface area contributed by atoms with E-state index in [0.29, 0.717) is 32.7 Å². The van der Waals surface area contributed by atoms with Gasteiger partial charge >= 0.3 is 0 Å². The molecule has 0 bridgehead atoms. The number of benzene rings is 4. The minimum Gasteiger partial charge on any atom is -0.321 e. The van der Waals surface area contributed by atoms with Crippen molar-refractivity contribution in [1.82, 2.24) is 0 Å². The normalized spacial score (nSPS) is 11.3. The Labute approximate surface area is 185 Å². The maximum absolute atomic E-state index is 13.1. The van der Waals surface area contributed by atoms with Crippen LogP contribution >= 0.6 is 11.6 Å². The Morgan fingerprint density at radius 1 is 0.806 bits per heavy atom. The van der Waals surface area contributed by atoms with Crippen LogP contribution in [0.25, 0.3) is 10.8 Å². The van der Waals surface area contributed by atoms with Gasteiger partial charge in [-0.05, 0) is 55.0 Å². The zero-order chi connectivity index (χ0) is 22.0. The molecule has 2 N–H and O–H groups in total. The Balaban J connectivity index is 1.72. The fourth-order valence-electron chi connectivity index (χ4n) is 3.37. The second-order valence-electron chi connectivity index (χ2n) is 7.04. The number of nitrogens with one attached hydrogen (secondary N) is 2. The lowest BCUT2D eigenvalue weighted by Crippen LogP contribution is -2.15. The van der Waals surface area contributed by atoms with E-state index >= 15 is 0 Å². The first-order valence-corrected chi connectivity index (χ1v) is 11.4. The summed E-state index contributed by atoms with van der Waals surface area (Å²) >= 11 is 5.88. The summed E-state index contributed by atoms with van der Waals surface area (Å²) in [7, 11) is -3.86. The first-order valence-electron chi connectivity index (χ1n) is 9.52. The number of carbonyl (C=O) groups is 1. The topological polar surface area (TPSA) is 75.3 Å². The number of sulfonamides is 1. The minimum absolute atomic E-state index is 0.118. The van der Waals surface area contributed by atoms with Gasteiger partial charge < -0.3 is 5.32 Å². The molecular weight excluding hydrogens is 432 g/mol. The van der Waals surface area contributed by atoms with Crippen LogP contribution in [-0.4, -0.2) is 14.3 Å². The van der Waals surface area contributed by atoms with E-state index in [2.05, 4.69) is 10.0 Å². The van der Waals surface area contributed by atoms with Crippen LogP contribution in [0.15, 0.2) is 89.8 Å². The molecule has 0 aromatic heterocycles. The van der Waals surface area contributed by atoms with Gasteiger partial charge in [-0.2, -0.15) is 0 Å². The summed E-state index contributed by atoms with van der Waals surface area (Å²) in [4.78, 5) is 12.9. The van der Waals surface area contributed by atoms with Crippen LogP contribution in [0.5, 0.6) is 0 Å². The third-order valence-corrected chi connectivity index (χ3v) is 6.60. The maximum Gasteiger partial charge on any atom is 0.262 e. The average molecular weight is 451 g/mol. The molecule has 0 aliphatic heterocycles. The van der Waals surface area contributed by atoms with Gasteiger partial charge in [-0.25, -0.2) is 8.42 Å². The van der Waals surface area contributed by atoms with E-state index in [9.17, 15) is 13.2 Å². The Morgan fingerprint density at radius 2 is 1.48 bits per heavy atom. The molecule has 5 nitrogen and oxygen atoms in total. The molecule has 0 unspecified atom stereocenters. The van der Waals surface area contributed by atoms with Crippen LogP contribution in [0.2, 0.25) is 5.02 Å².